The van der Waals surface area contributed by atoms with Gasteiger partial charge in [-0.1, -0.05) is 0 Å². The molecule has 1 aromatic heterocycles. The van der Waals surface area contributed by atoms with Crippen molar-refractivity contribution >= 4 is 15.8 Å². The molecule has 92 valence electrons. The first-order valence-corrected chi connectivity index (χ1v) is 6.58. The number of rotatable bonds is 3. The predicted molar refractivity (Wildman–Crippen MR) is 56.3 cm³/mol. The van der Waals surface area contributed by atoms with Gasteiger partial charge in [-0.25, -0.2) is 13.4 Å². The molecule has 1 aliphatic heterocycles. The van der Waals surface area contributed by atoms with Crippen LogP contribution in [0.4, 0.5) is 0 Å². The van der Waals surface area contributed by atoms with Crippen LogP contribution < -0.4 is 4.74 Å². The Morgan fingerprint density at radius 2 is 2.12 bits per heavy atom. The van der Waals surface area contributed by atoms with Gasteiger partial charge in [0.15, 0.2) is 9.84 Å². The van der Waals surface area contributed by atoms with Crippen molar-refractivity contribution in [2.75, 3.05) is 7.11 Å². The molecule has 2 heterocycles. The molecule has 0 bridgehead atoms. The number of hydrogen-bond acceptors (Lipinski definition) is 6. The van der Waals surface area contributed by atoms with Crippen molar-refractivity contribution in [1.29, 1.82) is 0 Å². The van der Waals surface area contributed by atoms with Gasteiger partial charge >= 0.3 is 5.97 Å². The van der Waals surface area contributed by atoms with E-state index in [1.54, 1.807) is 0 Å². The van der Waals surface area contributed by atoms with Gasteiger partial charge < -0.3 is 9.84 Å². The predicted octanol–water partition coefficient (Wildman–Crippen LogP) is -0.459. The van der Waals surface area contributed by atoms with E-state index in [0.29, 0.717) is 11.3 Å². The summed E-state index contributed by atoms with van der Waals surface area (Å²) in [6, 6.07) is 0. The second kappa shape index (κ2) is 3.95. The monoisotopic (exact) mass is 258 g/mol. The summed E-state index contributed by atoms with van der Waals surface area (Å²) in [6.07, 6.45) is -0.357. The van der Waals surface area contributed by atoms with Gasteiger partial charge in [-0.05, 0) is 0 Å². The Kier molecular flexibility index (Phi) is 2.74. The summed E-state index contributed by atoms with van der Waals surface area (Å²) in [4.78, 5) is 18.4. The summed E-state index contributed by atoms with van der Waals surface area (Å²) in [5.74, 6) is -1.21. The van der Waals surface area contributed by atoms with E-state index < -0.39 is 15.8 Å². The molecule has 7 nitrogen and oxygen atoms in total. The van der Waals surface area contributed by atoms with Gasteiger partial charge in [0.25, 0.3) is 0 Å². The number of carbonyl (C=O) groups is 1. The topological polar surface area (TPSA) is 106 Å². The molecule has 0 radical (unpaired) electrons. The maximum Gasteiger partial charge on any atom is 0.311 e. The minimum absolute atomic E-state index is 0.0604. The van der Waals surface area contributed by atoms with Gasteiger partial charge in [-0.2, -0.15) is 4.98 Å². The van der Waals surface area contributed by atoms with Crippen LogP contribution in [-0.2, 0) is 32.6 Å². The standard InChI is InChI=1S/C9H10N2O5S/c1-16-9-5-3-17(14,15)4-6(5)10-7(11-9)2-8(12)13/h2-4H2,1H3,(H,12,13). The number of ether oxygens (including phenoxy) is 1. The summed E-state index contributed by atoms with van der Waals surface area (Å²) in [6.45, 7) is 0. The third-order valence-corrected chi connectivity index (χ3v) is 3.77. The molecule has 8 heteroatoms. The zero-order valence-corrected chi connectivity index (χ0v) is 9.82. The summed E-state index contributed by atoms with van der Waals surface area (Å²) in [5.41, 5.74) is 0.773. The number of carboxylic acid groups (broad SMARTS) is 1. The first-order valence-electron chi connectivity index (χ1n) is 4.76. The SMILES string of the molecule is COc1nc(CC(=O)O)nc2c1CS(=O)(=O)C2. The number of nitrogens with zero attached hydrogens (tertiary/aromatic N) is 2. The van der Waals surface area contributed by atoms with Crippen LogP contribution >= 0.6 is 0 Å². The van der Waals surface area contributed by atoms with Crippen molar-refractivity contribution in [2.24, 2.45) is 0 Å². The number of sulfone groups is 1. The van der Waals surface area contributed by atoms with Crippen molar-refractivity contribution in [3.63, 3.8) is 0 Å². The fourth-order valence-corrected chi connectivity index (χ4v) is 3.17. The number of hydrogen-bond donors (Lipinski definition) is 1. The lowest BCUT2D eigenvalue weighted by Crippen LogP contribution is -2.08. The lowest BCUT2D eigenvalue weighted by atomic mass is 10.2. The van der Waals surface area contributed by atoms with Crippen LogP contribution in [0.15, 0.2) is 0 Å². The van der Waals surface area contributed by atoms with E-state index in [1.807, 2.05) is 0 Å². The van der Waals surface area contributed by atoms with Gasteiger partial charge in [-0.15, -0.1) is 0 Å². The average molecular weight is 258 g/mol. The van der Waals surface area contributed by atoms with Crippen LogP contribution in [0.3, 0.4) is 0 Å². The van der Waals surface area contributed by atoms with Gasteiger partial charge in [0.1, 0.15) is 12.2 Å². The van der Waals surface area contributed by atoms with Crippen LogP contribution in [0.25, 0.3) is 0 Å². The Morgan fingerprint density at radius 1 is 1.41 bits per heavy atom. The Hall–Kier alpha value is -1.70. The van der Waals surface area contributed by atoms with E-state index >= 15 is 0 Å². The number of methoxy groups -OCH3 is 1. The summed E-state index contributed by atoms with van der Waals surface area (Å²) >= 11 is 0. The summed E-state index contributed by atoms with van der Waals surface area (Å²) in [7, 11) is -1.85. The Morgan fingerprint density at radius 3 is 2.71 bits per heavy atom. The van der Waals surface area contributed by atoms with E-state index in [0.717, 1.165) is 0 Å². The largest absolute Gasteiger partial charge is 0.481 e. The molecule has 0 saturated heterocycles. The third-order valence-electron chi connectivity index (χ3n) is 2.32. The highest BCUT2D eigenvalue weighted by molar-refractivity contribution is 7.90. The quantitative estimate of drug-likeness (QED) is 0.781. The maximum atomic E-state index is 11.4. The Labute approximate surface area is 97.4 Å². The highest BCUT2D eigenvalue weighted by Gasteiger charge is 2.30. The Bertz CT molecular complexity index is 581. The van der Waals surface area contributed by atoms with Gasteiger partial charge in [0.2, 0.25) is 5.88 Å². The lowest BCUT2D eigenvalue weighted by Gasteiger charge is -2.06. The highest BCUT2D eigenvalue weighted by Crippen LogP contribution is 2.29. The molecule has 1 N–H and O–H groups in total. The molecule has 1 aliphatic rings. The fraction of sp³-hybridized carbons (Fsp3) is 0.444. The van der Waals surface area contributed by atoms with Crippen molar-refractivity contribution in [3.8, 4) is 5.88 Å². The van der Waals surface area contributed by atoms with Gasteiger partial charge in [-0.3, -0.25) is 4.79 Å². The van der Waals surface area contributed by atoms with Crippen LogP contribution in [0, 0.1) is 0 Å². The average Bonchev–Trinajstić information content (AvgIpc) is 2.49. The van der Waals surface area contributed by atoms with Crippen molar-refractivity contribution < 1.29 is 23.1 Å². The van der Waals surface area contributed by atoms with Crippen LogP contribution in [-0.4, -0.2) is 36.6 Å². The van der Waals surface area contributed by atoms with Crippen LogP contribution in [0.1, 0.15) is 17.1 Å². The molecular weight excluding hydrogens is 248 g/mol. The zero-order chi connectivity index (χ0) is 12.6. The van der Waals surface area contributed by atoms with E-state index in [4.69, 9.17) is 9.84 Å². The first kappa shape index (κ1) is 11.8. The first-order chi connectivity index (χ1) is 7.91. The minimum atomic E-state index is -3.21. The molecule has 0 aromatic carbocycles. The van der Waals surface area contributed by atoms with Crippen molar-refractivity contribution in [3.05, 3.63) is 17.1 Å². The lowest BCUT2D eigenvalue weighted by molar-refractivity contribution is -0.136. The molecule has 0 spiro atoms. The summed E-state index contributed by atoms with van der Waals surface area (Å²) < 4.78 is 27.9. The number of aliphatic carboxylic acids is 1. The minimum Gasteiger partial charge on any atom is -0.481 e. The molecule has 17 heavy (non-hydrogen) atoms. The van der Waals surface area contributed by atoms with E-state index in [2.05, 4.69) is 9.97 Å². The van der Waals surface area contributed by atoms with E-state index in [-0.39, 0.29) is 29.6 Å². The number of fused-ring (bicyclic) bond motifs is 1. The molecule has 0 atom stereocenters. The number of carboxylic acids is 1. The fourth-order valence-electron chi connectivity index (χ4n) is 1.68. The van der Waals surface area contributed by atoms with Crippen molar-refractivity contribution in [2.45, 2.75) is 17.9 Å². The molecular formula is C9H10N2O5S. The molecule has 0 amide bonds. The van der Waals surface area contributed by atoms with E-state index in [1.165, 1.54) is 7.11 Å². The highest BCUT2D eigenvalue weighted by atomic mass is 32.2. The smallest absolute Gasteiger partial charge is 0.311 e. The molecule has 0 unspecified atom stereocenters. The normalized spacial score (nSPS) is 16.5. The molecule has 2 rings (SSSR count). The van der Waals surface area contributed by atoms with Gasteiger partial charge in [0.05, 0.1) is 29.9 Å². The van der Waals surface area contributed by atoms with Gasteiger partial charge in [0, 0.05) is 0 Å². The third kappa shape index (κ3) is 2.36. The zero-order valence-electron chi connectivity index (χ0n) is 9.00. The maximum absolute atomic E-state index is 11.4. The van der Waals surface area contributed by atoms with Crippen LogP contribution in [0.5, 0.6) is 5.88 Å². The Balaban J connectivity index is 2.48. The molecule has 0 aliphatic carbocycles. The second-order valence-corrected chi connectivity index (χ2v) is 5.74. The number of aromatic nitrogens is 2. The summed E-state index contributed by atoms with van der Waals surface area (Å²) in [5, 5.41) is 8.64. The molecule has 1 aromatic rings. The van der Waals surface area contributed by atoms with Crippen LogP contribution in [0.2, 0.25) is 0 Å². The second-order valence-electron chi connectivity index (χ2n) is 3.68. The molecule has 0 saturated carbocycles. The molecule has 0 fully saturated rings. The van der Waals surface area contributed by atoms with Crippen molar-refractivity contribution in [1.82, 2.24) is 9.97 Å². The van der Waals surface area contributed by atoms with E-state index in [9.17, 15) is 13.2 Å².